The molecule has 38 heavy (non-hydrogen) atoms. The molecule has 2 aromatic rings. The van der Waals surface area contributed by atoms with E-state index in [0.717, 1.165) is 23.3 Å². The minimum atomic E-state index is -0.659. The van der Waals surface area contributed by atoms with Crippen LogP contribution in [0.5, 0.6) is 5.75 Å². The van der Waals surface area contributed by atoms with Crippen LogP contribution in [0.3, 0.4) is 0 Å². The van der Waals surface area contributed by atoms with Gasteiger partial charge in [0.05, 0.1) is 6.04 Å². The highest BCUT2D eigenvalue weighted by atomic mass is 19.1. The molecule has 0 fully saturated rings. The summed E-state index contributed by atoms with van der Waals surface area (Å²) in [5.74, 6) is 0.209. The normalized spacial score (nSPS) is 23.8. The highest BCUT2D eigenvalue weighted by Crippen LogP contribution is 2.19. The molecule has 2 amide bonds. The highest BCUT2D eigenvalue weighted by molar-refractivity contribution is 5.89. The number of hydrogen-bond donors (Lipinski definition) is 3. The van der Waals surface area contributed by atoms with Crippen LogP contribution in [0.1, 0.15) is 38.3 Å². The largest absolute Gasteiger partial charge is 0.492 e. The summed E-state index contributed by atoms with van der Waals surface area (Å²) in [7, 11) is 1.67. The molecule has 3 rings (SSSR count). The standard InChI is InChI=1S/C30H41FN4O3/c1-5-21(2)28-30(37)35(4)22(3)29(36)34-26(19-23-12-14-25(31)15-13-23)20-32-16-8-10-24-9-6-7-11-27(24)38-18-17-33-28/h6-15,21-22,26,28,32-33H,5,16-20H2,1-4H3,(H,34,36)/b10-8+/t21?,22-,26-,28+/m1/s1. The van der Waals surface area contributed by atoms with Crippen molar-refractivity contribution in [1.29, 1.82) is 0 Å². The number of carbonyl (C=O) groups is 2. The minimum Gasteiger partial charge on any atom is -0.492 e. The predicted octanol–water partition coefficient (Wildman–Crippen LogP) is 3.40. The zero-order chi connectivity index (χ0) is 27.5. The van der Waals surface area contributed by atoms with Crippen LogP contribution in [0.15, 0.2) is 54.6 Å². The lowest BCUT2D eigenvalue weighted by Gasteiger charge is -2.32. The Kier molecular flexibility index (Phi) is 11.3. The molecule has 7 nitrogen and oxygen atoms in total. The third kappa shape index (κ3) is 8.39. The molecule has 0 bridgehead atoms. The SMILES string of the molecule is CCC(C)[C@@H]1NCCOc2ccccc2/C=C/CNC[C@@H](Cc2ccc(F)cc2)NC(=O)[C@@H](C)N(C)C1=O. The Morgan fingerprint density at radius 2 is 1.87 bits per heavy atom. The van der Waals surface area contributed by atoms with E-state index >= 15 is 0 Å². The number of benzene rings is 2. The summed E-state index contributed by atoms with van der Waals surface area (Å²) in [5, 5.41) is 9.85. The summed E-state index contributed by atoms with van der Waals surface area (Å²) in [6.45, 7) is 7.83. The maximum atomic E-state index is 13.5. The first-order valence-electron chi connectivity index (χ1n) is 13.4. The Morgan fingerprint density at radius 3 is 2.61 bits per heavy atom. The average molecular weight is 525 g/mol. The molecule has 1 aliphatic heterocycles. The Labute approximate surface area is 225 Å². The molecule has 1 heterocycles. The Balaban J connectivity index is 1.84. The van der Waals surface area contributed by atoms with E-state index in [-0.39, 0.29) is 29.6 Å². The monoisotopic (exact) mass is 524 g/mol. The van der Waals surface area contributed by atoms with Crippen molar-refractivity contribution in [1.82, 2.24) is 20.9 Å². The molecular weight excluding hydrogens is 483 g/mol. The van der Waals surface area contributed by atoms with E-state index < -0.39 is 12.1 Å². The van der Waals surface area contributed by atoms with Crippen LogP contribution in [0.25, 0.3) is 6.08 Å². The van der Waals surface area contributed by atoms with Crippen LogP contribution in [0, 0.1) is 11.7 Å². The molecule has 1 aliphatic rings. The number of nitrogens with one attached hydrogen (secondary N) is 3. The van der Waals surface area contributed by atoms with E-state index in [2.05, 4.69) is 16.0 Å². The maximum absolute atomic E-state index is 13.5. The molecular formula is C30H41FN4O3. The molecule has 0 radical (unpaired) electrons. The third-order valence-corrected chi connectivity index (χ3v) is 7.12. The first-order valence-corrected chi connectivity index (χ1v) is 13.4. The number of carbonyl (C=O) groups excluding carboxylic acids is 2. The summed E-state index contributed by atoms with van der Waals surface area (Å²) in [4.78, 5) is 28.3. The fourth-order valence-corrected chi connectivity index (χ4v) is 4.41. The zero-order valence-corrected chi connectivity index (χ0v) is 22.9. The number of likely N-dealkylation sites (N-methyl/N-ethyl adjacent to an activating group) is 1. The molecule has 0 saturated heterocycles. The fraction of sp³-hybridized carbons (Fsp3) is 0.467. The van der Waals surface area contributed by atoms with Crippen molar-refractivity contribution in [2.24, 2.45) is 5.92 Å². The van der Waals surface area contributed by atoms with Gasteiger partial charge in [0.2, 0.25) is 11.8 Å². The molecule has 1 unspecified atom stereocenters. The number of amides is 2. The van der Waals surface area contributed by atoms with Gasteiger partial charge >= 0.3 is 0 Å². The second-order valence-corrected chi connectivity index (χ2v) is 9.93. The van der Waals surface area contributed by atoms with Crippen molar-refractivity contribution in [3.8, 4) is 5.75 Å². The molecule has 0 aliphatic carbocycles. The van der Waals surface area contributed by atoms with E-state index in [1.807, 2.05) is 50.3 Å². The molecule has 8 heteroatoms. The van der Waals surface area contributed by atoms with E-state index in [4.69, 9.17) is 4.74 Å². The second kappa shape index (κ2) is 14.6. The first kappa shape index (κ1) is 29.3. The lowest BCUT2D eigenvalue weighted by Crippen LogP contribution is -2.56. The maximum Gasteiger partial charge on any atom is 0.242 e. The van der Waals surface area contributed by atoms with Gasteiger partial charge in [-0.3, -0.25) is 9.59 Å². The predicted molar refractivity (Wildman–Crippen MR) is 149 cm³/mol. The van der Waals surface area contributed by atoms with Crippen molar-refractivity contribution in [3.05, 3.63) is 71.6 Å². The smallest absolute Gasteiger partial charge is 0.242 e. The second-order valence-electron chi connectivity index (χ2n) is 9.93. The van der Waals surface area contributed by atoms with Crippen molar-refractivity contribution in [2.45, 2.75) is 51.7 Å². The van der Waals surface area contributed by atoms with Gasteiger partial charge in [-0.15, -0.1) is 0 Å². The lowest BCUT2D eigenvalue weighted by atomic mass is 9.97. The van der Waals surface area contributed by atoms with Crippen molar-refractivity contribution >= 4 is 17.9 Å². The van der Waals surface area contributed by atoms with E-state index in [1.54, 1.807) is 26.1 Å². The molecule has 4 atom stereocenters. The molecule has 3 N–H and O–H groups in total. The van der Waals surface area contributed by atoms with Gasteiger partial charge in [0.1, 0.15) is 24.2 Å². The number of hydrogen-bond acceptors (Lipinski definition) is 5. The zero-order valence-electron chi connectivity index (χ0n) is 22.9. The van der Waals surface area contributed by atoms with Crippen molar-refractivity contribution < 1.29 is 18.7 Å². The number of rotatable bonds is 4. The van der Waals surface area contributed by atoms with Crippen LogP contribution in [0.4, 0.5) is 4.39 Å². The van der Waals surface area contributed by atoms with Gasteiger partial charge in [0, 0.05) is 38.3 Å². The van der Waals surface area contributed by atoms with Crippen LogP contribution in [-0.4, -0.2) is 68.1 Å². The summed E-state index contributed by atoms with van der Waals surface area (Å²) >= 11 is 0. The highest BCUT2D eigenvalue weighted by Gasteiger charge is 2.31. The lowest BCUT2D eigenvalue weighted by molar-refractivity contribution is -0.141. The summed E-state index contributed by atoms with van der Waals surface area (Å²) in [6.07, 6.45) is 5.38. The van der Waals surface area contributed by atoms with Crippen LogP contribution in [-0.2, 0) is 16.0 Å². The van der Waals surface area contributed by atoms with Gasteiger partial charge in [0.25, 0.3) is 0 Å². The van der Waals surface area contributed by atoms with E-state index in [1.165, 1.54) is 17.0 Å². The average Bonchev–Trinajstić information content (AvgIpc) is 2.92. The van der Waals surface area contributed by atoms with Crippen molar-refractivity contribution in [3.63, 3.8) is 0 Å². The van der Waals surface area contributed by atoms with Crippen LogP contribution < -0.4 is 20.7 Å². The minimum absolute atomic E-state index is 0.0800. The fourth-order valence-electron chi connectivity index (χ4n) is 4.41. The molecule has 0 spiro atoms. The number of nitrogens with zero attached hydrogens (tertiary/aromatic N) is 1. The number of halogens is 1. The quantitative estimate of drug-likeness (QED) is 0.571. The number of ether oxygens (including phenoxy) is 1. The molecule has 0 saturated carbocycles. The van der Waals surface area contributed by atoms with E-state index in [9.17, 15) is 14.0 Å². The van der Waals surface area contributed by atoms with Gasteiger partial charge < -0.3 is 25.6 Å². The van der Waals surface area contributed by atoms with Gasteiger partial charge in [0.15, 0.2) is 0 Å². The van der Waals surface area contributed by atoms with Gasteiger partial charge in [-0.05, 0) is 43.0 Å². The number of para-hydroxylation sites is 1. The Hall–Kier alpha value is -3.23. The Morgan fingerprint density at radius 1 is 1.13 bits per heavy atom. The van der Waals surface area contributed by atoms with Crippen LogP contribution in [0.2, 0.25) is 0 Å². The van der Waals surface area contributed by atoms with E-state index in [0.29, 0.717) is 32.7 Å². The molecule has 2 aromatic carbocycles. The van der Waals surface area contributed by atoms with Gasteiger partial charge in [-0.1, -0.05) is 62.8 Å². The first-order chi connectivity index (χ1) is 18.3. The summed E-state index contributed by atoms with van der Waals surface area (Å²) in [5.41, 5.74) is 1.88. The van der Waals surface area contributed by atoms with Crippen LogP contribution >= 0.6 is 0 Å². The Bertz CT molecular complexity index is 1080. The van der Waals surface area contributed by atoms with Gasteiger partial charge in [-0.25, -0.2) is 4.39 Å². The van der Waals surface area contributed by atoms with Crippen molar-refractivity contribution in [2.75, 3.05) is 33.3 Å². The number of fused-ring (bicyclic) bond motifs is 1. The summed E-state index contributed by atoms with van der Waals surface area (Å²) in [6, 6.07) is 12.8. The molecule has 0 aromatic heterocycles. The third-order valence-electron chi connectivity index (χ3n) is 7.12. The summed E-state index contributed by atoms with van der Waals surface area (Å²) < 4.78 is 19.5. The topological polar surface area (TPSA) is 82.7 Å². The molecule has 206 valence electrons. The van der Waals surface area contributed by atoms with Gasteiger partial charge in [-0.2, -0.15) is 0 Å².